The molecule has 0 saturated carbocycles. The van der Waals surface area contributed by atoms with Gasteiger partial charge in [0.2, 0.25) is 0 Å². The molecule has 0 amide bonds. The molecule has 4 aromatic carbocycles. The Labute approximate surface area is 240 Å². The molecule has 0 aromatic heterocycles. The predicted molar refractivity (Wildman–Crippen MR) is 153 cm³/mol. The first-order valence-corrected chi connectivity index (χ1v) is 13.7. The molecule has 4 aromatic rings. The Kier molecular flexibility index (Phi) is 5.67. The first kappa shape index (κ1) is 26.1. The molecule has 1 spiro atoms. The summed E-state index contributed by atoms with van der Waals surface area (Å²) < 4.78 is 40.8. The molecule has 2 heterocycles. The maximum absolute atomic E-state index is 14.6. The molecule has 7 rings (SSSR count). The Balaban J connectivity index is 1.54. The van der Waals surface area contributed by atoms with E-state index >= 15 is 0 Å². The third-order valence-corrected chi connectivity index (χ3v) is 8.89. The highest BCUT2D eigenvalue weighted by Gasteiger charge is 2.71. The minimum Gasteiger partial charge on any atom is -0.352 e. The number of carbonyl (C=O) groups excluding carboxylic acids is 3. The summed E-state index contributed by atoms with van der Waals surface area (Å²) in [7, 11) is 0. The number of Topliss-reactive ketones (excluding diaryl/α,β-unsaturated/α-hetero) is 3. The number of aryl methyl sites for hydroxylation is 1. The summed E-state index contributed by atoms with van der Waals surface area (Å²) in [5, 5.41) is 0. The molecule has 3 atom stereocenters. The molecule has 1 saturated heterocycles. The average molecular weight is 564 g/mol. The van der Waals surface area contributed by atoms with Gasteiger partial charge in [-0.05, 0) is 41.8 Å². The third kappa shape index (κ3) is 3.52. The number of alkyl halides is 3. The molecule has 0 unspecified atom stereocenters. The molecular formula is C35H24F3NO3. The van der Waals surface area contributed by atoms with Crippen molar-refractivity contribution < 1.29 is 27.6 Å². The van der Waals surface area contributed by atoms with E-state index in [0.29, 0.717) is 16.8 Å². The lowest BCUT2D eigenvalue weighted by molar-refractivity contribution is -0.137. The van der Waals surface area contributed by atoms with Gasteiger partial charge in [-0.3, -0.25) is 14.4 Å². The van der Waals surface area contributed by atoms with Crippen molar-refractivity contribution in [2.75, 3.05) is 4.90 Å². The van der Waals surface area contributed by atoms with Crippen LogP contribution in [0.1, 0.15) is 59.2 Å². The Morgan fingerprint density at radius 1 is 0.810 bits per heavy atom. The van der Waals surface area contributed by atoms with Crippen LogP contribution in [0.4, 0.5) is 18.9 Å². The van der Waals surface area contributed by atoms with Crippen LogP contribution in [0.5, 0.6) is 0 Å². The molecule has 1 aliphatic carbocycles. The maximum atomic E-state index is 14.6. The second-order valence-corrected chi connectivity index (χ2v) is 11.1. The molecule has 0 radical (unpaired) electrons. The van der Waals surface area contributed by atoms with E-state index in [1.54, 1.807) is 60.7 Å². The number of rotatable bonds is 3. The number of benzene rings is 4. The zero-order chi connectivity index (χ0) is 29.4. The van der Waals surface area contributed by atoms with Gasteiger partial charge in [0.1, 0.15) is 11.5 Å². The Morgan fingerprint density at radius 2 is 1.43 bits per heavy atom. The van der Waals surface area contributed by atoms with Crippen LogP contribution in [0.25, 0.3) is 6.08 Å². The van der Waals surface area contributed by atoms with E-state index in [0.717, 1.165) is 23.3 Å². The molecule has 0 N–H and O–H groups in total. The van der Waals surface area contributed by atoms with Gasteiger partial charge in [-0.2, -0.15) is 13.2 Å². The quantitative estimate of drug-likeness (QED) is 0.194. The third-order valence-electron chi connectivity index (χ3n) is 8.89. The molecule has 42 heavy (non-hydrogen) atoms. The molecule has 0 bridgehead atoms. The van der Waals surface area contributed by atoms with Gasteiger partial charge < -0.3 is 4.90 Å². The van der Waals surface area contributed by atoms with E-state index in [9.17, 15) is 27.6 Å². The van der Waals surface area contributed by atoms with Crippen LogP contribution in [0.2, 0.25) is 0 Å². The highest BCUT2D eigenvalue weighted by molar-refractivity contribution is 6.32. The number of nitrogens with zero attached hydrogens (tertiary/aromatic N) is 1. The minimum atomic E-state index is -4.57. The van der Waals surface area contributed by atoms with E-state index in [-0.39, 0.29) is 16.9 Å². The summed E-state index contributed by atoms with van der Waals surface area (Å²) in [6.07, 6.45) is -0.911. The number of ketones is 3. The zero-order valence-corrected chi connectivity index (χ0v) is 22.4. The molecule has 208 valence electrons. The van der Waals surface area contributed by atoms with E-state index < -0.39 is 46.7 Å². The van der Waals surface area contributed by atoms with E-state index in [1.807, 2.05) is 36.1 Å². The Morgan fingerprint density at radius 3 is 2.05 bits per heavy atom. The Bertz CT molecular complexity index is 1770. The highest BCUT2D eigenvalue weighted by atomic mass is 19.4. The van der Waals surface area contributed by atoms with Crippen LogP contribution < -0.4 is 4.90 Å². The molecule has 3 aliphatic rings. The Hall–Kier alpha value is -4.78. The van der Waals surface area contributed by atoms with Crippen molar-refractivity contribution in [3.63, 3.8) is 0 Å². The highest BCUT2D eigenvalue weighted by Crippen LogP contribution is 2.61. The second kappa shape index (κ2) is 9.11. The van der Waals surface area contributed by atoms with Gasteiger partial charge >= 0.3 is 6.18 Å². The number of hydrogen-bond acceptors (Lipinski definition) is 4. The fourth-order valence-electron chi connectivity index (χ4n) is 7.10. The van der Waals surface area contributed by atoms with Crippen LogP contribution in [0, 0.1) is 12.3 Å². The summed E-state index contributed by atoms with van der Waals surface area (Å²) in [5.74, 6) is -2.23. The van der Waals surface area contributed by atoms with Crippen molar-refractivity contribution in [1.29, 1.82) is 0 Å². The number of hydrogen-bond donors (Lipinski definition) is 0. The predicted octanol–water partition coefficient (Wildman–Crippen LogP) is 7.33. The van der Waals surface area contributed by atoms with Crippen LogP contribution in [0.3, 0.4) is 0 Å². The van der Waals surface area contributed by atoms with Crippen molar-refractivity contribution >= 4 is 29.1 Å². The molecule has 2 aliphatic heterocycles. The molecule has 1 fully saturated rings. The van der Waals surface area contributed by atoms with Crippen LogP contribution in [-0.2, 0) is 6.18 Å². The normalized spacial score (nSPS) is 21.8. The van der Waals surface area contributed by atoms with Crippen molar-refractivity contribution in [2.45, 2.75) is 31.1 Å². The van der Waals surface area contributed by atoms with Gasteiger partial charge in [0, 0.05) is 28.3 Å². The SMILES string of the molecule is Cc1ccc2c(c1)N1[C@H](C(=O)c3ccccc3)[C@@H](c3ccc(C(F)(F)F)cc3)C3(C(=O)c4ccccc4C3=O)[C@H]1C=C2. The first-order valence-electron chi connectivity index (χ1n) is 13.7. The van der Waals surface area contributed by atoms with E-state index in [1.165, 1.54) is 12.1 Å². The van der Waals surface area contributed by atoms with Gasteiger partial charge in [0.05, 0.1) is 11.6 Å². The van der Waals surface area contributed by atoms with Crippen LogP contribution in [-0.4, -0.2) is 29.4 Å². The van der Waals surface area contributed by atoms with Gasteiger partial charge in [0.15, 0.2) is 17.3 Å². The van der Waals surface area contributed by atoms with Gasteiger partial charge in [-0.25, -0.2) is 0 Å². The minimum absolute atomic E-state index is 0.260. The van der Waals surface area contributed by atoms with Gasteiger partial charge in [-0.15, -0.1) is 0 Å². The monoisotopic (exact) mass is 563 g/mol. The van der Waals surface area contributed by atoms with E-state index in [4.69, 9.17) is 0 Å². The summed E-state index contributed by atoms with van der Waals surface area (Å²) in [6.45, 7) is 1.92. The summed E-state index contributed by atoms with van der Waals surface area (Å²) >= 11 is 0. The smallest absolute Gasteiger partial charge is 0.352 e. The number of fused-ring (bicyclic) bond motifs is 5. The molecular weight excluding hydrogens is 539 g/mol. The lowest BCUT2D eigenvalue weighted by Gasteiger charge is -2.37. The van der Waals surface area contributed by atoms with Gasteiger partial charge in [-0.1, -0.05) is 91.0 Å². The fourth-order valence-corrected chi connectivity index (χ4v) is 7.10. The topological polar surface area (TPSA) is 54.5 Å². The first-order chi connectivity index (χ1) is 20.1. The van der Waals surface area contributed by atoms with Crippen molar-refractivity contribution in [3.05, 3.63) is 142 Å². The van der Waals surface area contributed by atoms with Crippen LogP contribution >= 0.6 is 0 Å². The number of anilines is 1. The summed E-state index contributed by atoms with van der Waals surface area (Å²) in [5.41, 5.74) is 1.05. The molecule has 4 nitrogen and oxygen atoms in total. The van der Waals surface area contributed by atoms with Crippen molar-refractivity contribution in [1.82, 2.24) is 0 Å². The summed E-state index contributed by atoms with van der Waals surface area (Å²) in [6, 6.07) is 23.6. The second-order valence-electron chi connectivity index (χ2n) is 11.1. The zero-order valence-electron chi connectivity index (χ0n) is 22.4. The molecule has 7 heteroatoms. The number of carbonyl (C=O) groups is 3. The van der Waals surface area contributed by atoms with E-state index in [2.05, 4.69) is 0 Å². The lowest BCUT2D eigenvalue weighted by Crippen LogP contribution is -2.48. The van der Waals surface area contributed by atoms with Gasteiger partial charge in [0.25, 0.3) is 0 Å². The lowest BCUT2D eigenvalue weighted by atomic mass is 9.64. The standard InChI is InChI=1S/C35H24F3NO3/c1-20-11-12-21-15-18-28-34(32(41)25-9-5-6-10-26(25)33(34)42)29(22-13-16-24(17-14-22)35(36,37)38)30(39(28)27(21)19-20)31(40)23-7-3-2-4-8-23/h2-19,28-30H,1H3/t28-,29-,30+/m1/s1. The number of halogens is 3. The van der Waals surface area contributed by atoms with Crippen molar-refractivity contribution in [3.8, 4) is 0 Å². The summed E-state index contributed by atoms with van der Waals surface area (Å²) in [4.78, 5) is 45.6. The van der Waals surface area contributed by atoms with Crippen molar-refractivity contribution in [2.24, 2.45) is 5.41 Å². The fraction of sp³-hybridized carbons (Fsp3) is 0.171. The maximum Gasteiger partial charge on any atom is 0.416 e. The largest absolute Gasteiger partial charge is 0.416 e. The van der Waals surface area contributed by atoms with Crippen LogP contribution in [0.15, 0.2) is 103 Å². The average Bonchev–Trinajstić information content (AvgIpc) is 3.43.